The Hall–Kier alpha value is -1.09. The van der Waals surface area contributed by atoms with Crippen molar-refractivity contribution in [1.29, 1.82) is 0 Å². The van der Waals surface area contributed by atoms with Crippen LogP contribution in [-0.2, 0) is 0 Å². The maximum Gasteiger partial charge on any atom is 0.165 e. The second-order valence-electron chi connectivity index (χ2n) is 6.32. The van der Waals surface area contributed by atoms with Crippen molar-refractivity contribution in [2.24, 2.45) is 5.92 Å². The van der Waals surface area contributed by atoms with Gasteiger partial charge in [-0.25, -0.2) is 4.39 Å². The Morgan fingerprint density at radius 3 is 2.43 bits per heavy atom. The third-order valence-electron chi connectivity index (χ3n) is 4.80. The Morgan fingerprint density at radius 2 is 1.81 bits per heavy atom. The second kappa shape index (κ2) is 7.79. The Labute approximate surface area is 128 Å². The average Bonchev–Trinajstić information content (AvgIpc) is 2.76. The fourth-order valence-electron chi connectivity index (χ4n) is 3.38. The predicted octanol–water partition coefficient (Wildman–Crippen LogP) is 4.84. The third kappa shape index (κ3) is 4.44. The van der Waals surface area contributed by atoms with Gasteiger partial charge >= 0.3 is 0 Å². The van der Waals surface area contributed by atoms with Crippen molar-refractivity contribution in [3.63, 3.8) is 0 Å². The first-order chi connectivity index (χ1) is 10.1. The summed E-state index contributed by atoms with van der Waals surface area (Å²) in [4.78, 5) is 0. The van der Waals surface area contributed by atoms with Gasteiger partial charge < -0.3 is 10.1 Å². The highest BCUT2D eigenvalue weighted by Crippen LogP contribution is 2.28. The summed E-state index contributed by atoms with van der Waals surface area (Å²) in [5, 5.41) is 3.69. The van der Waals surface area contributed by atoms with E-state index < -0.39 is 0 Å². The molecule has 1 saturated carbocycles. The molecule has 3 heteroatoms. The number of halogens is 1. The van der Waals surface area contributed by atoms with Crippen molar-refractivity contribution < 1.29 is 9.13 Å². The molecule has 118 valence electrons. The molecule has 2 atom stereocenters. The zero-order valence-corrected chi connectivity index (χ0v) is 13.5. The smallest absolute Gasteiger partial charge is 0.165 e. The molecule has 2 nitrogen and oxygen atoms in total. The molecule has 1 fully saturated rings. The zero-order valence-electron chi connectivity index (χ0n) is 13.5. The lowest BCUT2D eigenvalue weighted by Crippen LogP contribution is -2.35. The maximum atomic E-state index is 13.5. The van der Waals surface area contributed by atoms with Crippen molar-refractivity contribution in [2.45, 2.75) is 64.5 Å². The van der Waals surface area contributed by atoms with Crippen molar-refractivity contribution in [2.75, 3.05) is 7.11 Å². The molecule has 0 amide bonds. The first-order valence-electron chi connectivity index (χ1n) is 8.21. The van der Waals surface area contributed by atoms with Crippen LogP contribution in [0.1, 0.15) is 64.0 Å². The zero-order chi connectivity index (χ0) is 15.2. The lowest BCUT2D eigenvalue weighted by molar-refractivity contribution is 0.315. The molecule has 0 spiro atoms. The van der Waals surface area contributed by atoms with Crippen molar-refractivity contribution >= 4 is 0 Å². The van der Waals surface area contributed by atoms with Gasteiger partial charge in [0.25, 0.3) is 0 Å². The van der Waals surface area contributed by atoms with Gasteiger partial charge in [-0.2, -0.15) is 0 Å². The van der Waals surface area contributed by atoms with E-state index in [0.717, 1.165) is 11.5 Å². The summed E-state index contributed by atoms with van der Waals surface area (Å²) in [6, 6.07) is 5.83. The summed E-state index contributed by atoms with van der Waals surface area (Å²) in [7, 11) is 1.51. The molecule has 1 aromatic carbocycles. The second-order valence-corrected chi connectivity index (χ2v) is 6.32. The number of hydrogen-bond donors (Lipinski definition) is 1. The van der Waals surface area contributed by atoms with Crippen LogP contribution in [0.5, 0.6) is 5.75 Å². The lowest BCUT2D eigenvalue weighted by atomic mass is 9.92. The van der Waals surface area contributed by atoms with Crippen molar-refractivity contribution in [1.82, 2.24) is 5.32 Å². The minimum absolute atomic E-state index is 0.206. The Balaban J connectivity index is 1.97. The number of benzene rings is 1. The molecule has 0 aromatic heterocycles. The van der Waals surface area contributed by atoms with Gasteiger partial charge in [0.1, 0.15) is 0 Å². The number of methoxy groups -OCH3 is 1. The summed E-state index contributed by atoms with van der Waals surface area (Å²) in [5.74, 6) is 0.783. The highest BCUT2D eigenvalue weighted by molar-refractivity contribution is 5.32. The quantitative estimate of drug-likeness (QED) is 0.784. The fourth-order valence-corrected chi connectivity index (χ4v) is 3.38. The van der Waals surface area contributed by atoms with E-state index in [-0.39, 0.29) is 11.9 Å². The molecule has 21 heavy (non-hydrogen) atoms. The van der Waals surface area contributed by atoms with Gasteiger partial charge in [0.05, 0.1) is 7.11 Å². The van der Waals surface area contributed by atoms with Crippen LogP contribution in [0.4, 0.5) is 4.39 Å². The Morgan fingerprint density at radius 1 is 1.14 bits per heavy atom. The first kappa shape index (κ1) is 16.3. The van der Waals surface area contributed by atoms with Crippen LogP contribution in [0.2, 0.25) is 0 Å². The molecule has 0 radical (unpaired) electrons. The largest absolute Gasteiger partial charge is 0.494 e. The molecule has 0 heterocycles. The molecule has 0 aliphatic heterocycles. The van der Waals surface area contributed by atoms with E-state index in [1.807, 2.05) is 6.07 Å². The lowest BCUT2D eigenvalue weighted by Gasteiger charge is -2.27. The molecule has 1 aliphatic rings. The van der Waals surface area contributed by atoms with Crippen LogP contribution in [0.3, 0.4) is 0 Å². The average molecular weight is 293 g/mol. The normalized spacial score (nSPS) is 19.8. The fraction of sp³-hybridized carbons (Fsp3) is 0.667. The predicted molar refractivity (Wildman–Crippen MR) is 85.2 cm³/mol. The van der Waals surface area contributed by atoms with E-state index in [2.05, 4.69) is 19.2 Å². The van der Waals surface area contributed by atoms with Gasteiger partial charge in [-0.15, -0.1) is 0 Å². The number of nitrogens with one attached hydrogen (secondary N) is 1. The van der Waals surface area contributed by atoms with Crippen LogP contribution in [-0.4, -0.2) is 13.2 Å². The summed E-state index contributed by atoms with van der Waals surface area (Å²) < 4.78 is 18.6. The summed E-state index contributed by atoms with van der Waals surface area (Å²) in [6.45, 7) is 4.42. The topological polar surface area (TPSA) is 21.3 Å². The highest BCUT2D eigenvalue weighted by atomic mass is 19.1. The van der Waals surface area contributed by atoms with E-state index in [0.29, 0.717) is 11.8 Å². The van der Waals surface area contributed by atoms with Crippen molar-refractivity contribution in [3.8, 4) is 5.75 Å². The van der Waals surface area contributed by atoms with Crippen molar-refractivity contribution in [3.05, 3.63) is 29.6 Å². The molecule has 2 rings (SSSR count). The van der Waals surface area contributed by atoms with Gasteiger partial charge in [0.2, 0.25) is 0 Å². The van der Waals surface area contributed by atoms with E-state index in [9.17, 15) is 4.39 Å². The SMILES string of the molecule is COc1cc(C(C)N[C@H](C)C2CCCCCC2)ccc1F. The molecule has 1 aliphatic carbocycles. The van der Waals surface area contributed by atoms with Gasteiger partial charge in [-0.3, -0.25) is 0 Å². The minimum atomic E-state index is -0.301. The minimum Gasteiger partial charge on any atom is -0.494 e. The molecule has 0 bridgehead atoms. The van der Waals surface area contributed by atoms with Gasteiger partial charge in [0.15, 0.2) is 11.6 Å². The van der Waals surface area contributed by atoms with E-state index >= 15 is 0 Å². The molecular weight excluding hydrogens is 265 g/mol. The number of hydrogen-bond acceptors (Lipinski definition) is 2. The van der Waals surface area contributed by atoms with Crippen LogP contribution in [0, 0.1) is 11.7 Å². The van der Waals surface area contributed by atoms with Crippen LogP contribution in [0.25, 0.3) is 0 Å². The Bertz CT molecular complexity index is 441. The number of ether oxygens (including phenoxy) is 1. The summed E-state index contributed by atoms with van der Waals surface area (Å²) in [5.41, 5.74) is 1.08. The van der Waals surface area contributed by atoms with E-state index in [4.69, 9.17) is 4.74 Å². The van der Waals surface area contributed by atoms with Crippen LogP contribution < -0.4 is 10.1 Å². The molecule has 0 saturated heterocycles. The molecule has 1 unspecified atom stereocenters. The monoisotopic (exact) mass is 293 g/mol. The first-order valence-corrected chi connectivity index (χ1v) is 8.21. The van der Waals surface area contributed by atoms with E-state index in [1.54, 1.807) is 6.07 Å². The summed E-state index contributed by atoms with van der Waals surface area (Å²) in [6.07, 6.45) is 8.13. The summed E-state index contributed by atoms with van der Waals surface area (Å²) >= 11 is 0. The van der Waals surface area contributed by atoms with Crippen LogP contribution >= 0.6 is 0 Å². The van der Waals surface area contributed by atoms with Gasteiger partial charge in [0, 0.05) is 12.1 Å². The molecule has 1 N–H and O–H groups in total. The van der Waals surface area contributed by atoms with E-state index in [1.165, 1.54) is 51.7 Å². The van der Waals surface area contributed by atoms with Gasteiger partial charge in [-0.1, -0.05) is 31.7 Å². The molecular formula is C18H28FNO. The maximum absolute atomic E-state index is 13.5. The van der Waals surface area contributed by atoms with Crippen LogP contribution in [0.15, 0.2) is 18.2 Å². The standard InChI is InChI=1S/C18H28FNO/c1-13(15-8-6-4-5-7-9-15)20-14(2)16-10-11-17(19)18(12-16)21-3/h10-15,20H,4-9H2,1-3H3/t13-,14?/m1/s1. The Kier molecular flexibility index (Phi) is 6.04. The van der Waals surface area contributed by atoms with Gasteiger partial charge in [-0.05, 0) is 50.3 Å². The molecule has 1 aromatic rings. The third-order valence-corrected chi connectivity index (χ3v) is 4.80. The highest BCUT2D eigenvalue weighted by Gasteiger charge is 2.21. The number of rotatable bonds is 5.